The van der Waals surface area contributed by atoms with Gasteiger partial charge in [0, 0.05) is 12.1 Å². The Bertz CT molecular complexity index is 633. The molecule has 0 aliphatic heterocycles. The van der Waals surface area contributed by atoms with Crippen molar-refractivity contribution in [3.05, 3.63) is 29.8 Å². The van der Waals surface area contributed by atoms with Crippen molar-refractivity contribution in [2.24, 2.45) is 11.1 Å². The van der Waals surface area contributed by atoms with Crippen LogP contribution >= 0.6 is 0 Å². The SMILES string of the molecule is CC1(CNS(=O)(=O)c2ccc(C#CCN)cc2)CCCC1. The molecule has 1 aliphatic carbocycles. The first-order chi connectivity index (χ1) is 9.95. The van der Waals surface area contributed by atoms with Gasteiger partial charge >= 0.3 is 0 Å². The fraction of sp³-hybridized carbons (Fsp3) is 0.500. The molecule has 0 amide bonds. The number of nitrogens with one attached hydrogen (secondary N) is 1. The number of benzene rings is 1. The van der Waals surface area contributed by atoms with E-state index in [0.717, 1.165) is 18.4 Å². The number of sulfonamides is 1. The minimum atomic E-state index is -3.45. The van der Waals surface area contributed by atoms with Gasteiger partial charge in [-0.3, -0.25) is 0 Å². The molecule has 0 spiro atoms. The van der Waals surface area contributed by atoms with E-state index in [1.165, 1.54) is 12.8 Å². The van der Waals surface area contributed by atoms with Crippen LogP contribution in [0.4, 0.5) is 0 Å². The van der Waals surface area contributed by atoms with Gasteiger partial charge in [0.1, 0.15) is 0 Å². The van der Waals surface area contributed by atoms with Crippen LogP contribution in [0.25, 0.3) is 0 Å². The third kappa shape index (κ3) is 4.31. The zero-order valence-corrected chi connectivity index (χ0v) is 13.2. The Labute approximate surface area is 127 Å². The molecule has 0 radical (unpaired) electrons. The predicted molar refractivity (Wildman–Crippen MR) is 84.1 cm³/mol. The van der Waals surface area contributed by atoms with E-state index in [1.54, 1.807) is 24.3 Å². The maximum Gasteiger partial charge on any atom is 0.240 e. The van der Waals surface area contributed by atoms with Gasteiger partial charge in [-0.25, -0.2) is 13.1 Å². The van der Waals surface area contributed by atoms with E-state index in [9.17, 15) is 8.42 Å². The Kier molecular flexibility index (Phi) is 5.04. The first-order valence-electron chi connectivity index (χ1n) is 7.24. The molecule has 4 nitrogen and oxygen atoms in total. The fourth-order valence-corrected chi connectivity index (χ4v) is 3.83. The molecule has 21 heavy (non-hydrogen) atoms. The average Bonchev–Trinajstić information content (AvgIpc) is 2.91. The molecule has 0 atom stereocenters. The Morgan fingerprint density at radius 2 is 1.86 bits per heavy atom. The highest BCUT2D eigenvalue weighted by Gasteiger charge is 2.30. The van der Waals surface area contributed by atoms with Crippen molar-refractivity contribution >= 4 is 10.0 Å². The quantitative estimate of drug-likeness (QED) is 0.834. The van der Waals surface area contributed by atoms with Gasteiger partial charge in [0.2, 0.25) is 10.0 Å². The second-order valence-electron chi connectivity index (χ2n) is 5.87. The van der Waals surface area contributed by atoms with Gasteiger partial charge in [-0.05, 0) is 42.5 Å². The molecule has 2 rings (SSSR count). The average molecular weight is 306 g/mol. The Hall–Kier alpha value is -1.35. The summed E-state index contributed by atoms with van der Waals surface area (Å²) in [6.45, 7) is 2.94. The van der Waals surface area contributed by atoms with Gasteiger partial charge in [-0.1, -0.05) is 31.6 Å². The summed E-state index contributed by atoms with van der Waals surface area (Å²) in [7, 11) is -3.45. The molecule has 114 valence electrons. The van der Waals surface area contributed by atoms with Gasteiger partial charge in [0.15, 0.2) is 0 Å². The number of rotatable bonds is 4. The molecule has 0 unspecified atom stereocenters. The van der Waals surface area contributed by atoms with Gasteiger partial charge in [-0.15, -0.1) is 0 Å². The third-order valence-electron chi connectivity index (χ3n) is 4.00. The molecule has 1 fully saturated rings. The molecule has 0 aromatic heterocycles. The van der Waals surface area contributed by atoms with Crippen LogP contribution in [0, 0.1) is 17.3 Å². The summed E-state index contributed by atoms with van der Waals surface area (Å²) in [5, 5.41) is 0. The van der Waals surface area contributed by atoms with E-state index >= 15 is 0 Å². The third-order valence-corrected chi connectivity index (χ3v) is 5.42. The van der Waals surface area contributed by atoms with Crippen LogP contribution in [0.3, 0.4) is 0 Å². The largest absolute Gasteiger partial charge is 0.320 e. The number of nitrogens with two attached hydrogens (primary N) is 1. The van der Waals surface area contributed by atoms with Gasteiger partial charge < -0.3 is 5.73 Å². The zero-order chi connectivity index (χ0) is 15.3. The highest BCUT2D eigenvalue weighted by molar-refractivity contribution is 7.89. The van der Waals surface area contributed by atoms with Crippen LogP contribution in [0.15, 0.2) is 29.2 Å². The molecule has 0 saturated heterocycles. The van der Waals surface area contributed by atoms with E-state index in [1.807, 2.05) is 0 Å². The van der Waals surface area contributed by atoms with E-state index in [-0.39, 0.29) is 10.3 Å². The summed E-state index contributed by atoms with van der Waals surface area (Å²) in [5.41, 5.74) is 6.17. The summed E-state index contributed by atoms with van der Waals surface area (Å²) in [5.74, 6) is 5.62. The topological polar surface area (TPSA) is 72.2 Å². The van der Waals surface area contributed by atoms with Crippen molar-refractivity contribution < 1.29 is 8.42 Å². The molecule has 1 aromatic carbocycles. The molecule has 0 heterocycles. The molecule has 1 aromatic rings. The number of hydrogen-bond acceptors (Lipinski definition) is 3. The van der Waals surface area contributed by atoms with Gasteiger partial charge in [0.05, 0.1) is 11.4 Å². The van der Waals surface area contributed by atoms with Crippen molar-refractivity contribution in [2.75, 3.05) is 13.1 Å². The highest BCUT2D eigenvalue weighted by atomic mass is 32.2. The molecule has 5 heteroatoms. The van der Waals surface area contributed by atoms with E-state index in [2.05, 4.69) is 23.5 Å². The molecule has 1 aliphatic rings. The summed E-state index contributed by atoms with van der Waals surface area (Å²) < 4.78 is 27.3. The lowest BCUT2D eigenvalue weighted by Gasteiger charge is -2.23. The summed E-state index contributed by atoms with van der Waals surface area (Å²) >= 11 is 0. The van der Waals surface area contributed by atoms with E-state index < -0.39 is 10.0 Å². The molecular weight excluding hydrogens is 284 g/mol. The Balaban J connectivity index is 2.05. The van der Waals surface area contributed by atoms with Crippen LogP contribution in [-0.2, 0) is 10.0 Å². The van der Waals surface area contributed by atoms with Crippen LogP contribution in [-0.4, -0.2) is 21.5 Å². The van der Waals surface area contributed by atoms with Crippen molar-refractivity contribution in [2.45, 2.75) is 37.5 Å². The summed E-state index contributed by atoms with van der Waals surface area (Å²) in [4.78, 5) is 0.280. The first kappa shape index (κ1) is 16.0. The van der Waals surface area contributed by atoms with Crippen LogP contribution in [0.2, 0.25) is 0 Å². The second kappa shape index (κ2) is 6.61. The first-order valence-corrected chi connectivity index (χ1v) is 8.72. The van der Waals surface area contributed by atoms with Crippen LogP contribution in [0.5, 0.6) is 0 Å². The van der Waals surface area contributed by atoms with E-state index in [4.69, 9.17) is 5.73 Å². The minimum absolute atomic E-state index is 0.0968. The minimum Gasteiger partial charge on any atom is -0.320 e. The fourth-order valence-electron chi connectivity index (χ4n) is 2.63. The lowest BCUT2D eigenvalue weighted by atomic mass is 9.89. The van der Waals surface area contributed by atoms with Crippen molar-refractivity contribution in [3.63, 3.8) is 0 Å². The molecular formula is C16H22N2O2S. The zero-order valence-electron chi connectivity index (χ0n) is 12.4. The highest BCUT2D eigenvalue weighted by Crippen LogP contribution is 2.36. The normalized spacial score (nSPS) is 17.2. The maximum absolute atomic E-state index is 12.3. The van der Waals surface area contributed by atoms with Gasteiger partial charge in [-0.2, -0.15) is 0 Å². The Morgan fingerprint density at radius 1 is 1.24 bits per heavy atom. The monoisotopic (exact) mass is 306 g/mol. The maximum atomic E-state index is 12.3. The lowest BCUT2D eigenvalue weighted by molar-refractivity contribution is 0.336. The standard InChI is InChI=1S/C16H22N2O2S/c1-16(10-2-3-11-16)13-18-21(19,20)15-8-6-14(7-9-15)5-4-12-17/h6-9,18H,2-3,10-13,17H2,1H3. The van der Waals surface area contributed by atoms with E-state index in [0.29, 0.717) is 13.1 Å². The smallest absolute Gasteiger partial charge is 0.240 e. The Morgan fingerprint density at radius 3 is 2.43 bits per heavy atom. The van der Waals surface area contributed by atoms with Crippen LogP contribution < -0.4 is 10.5 Å². The molecule has 3 N–H and O–H groups in total. The van der Waals surface area contributed by atoms with Crippen molar-refractivity contribution in [1.29, 1.82) is 0 Å². The van der Waals surface area contributed by atoms with Gasteiger partial charge in [0.25, 0.3) is 0 Å². The number of hydrogen-bond donors (Lipinski definition) is 2. The van der Waals surface area contributed by atoms with Crippen LogP contribution in [0.1, 0.15) is 38.2 Å². The van der Waals surface area contributed by atoms with Crippen molar-refractivity contribution in [3.8, 4) is 11.8 Å². The predicted octanol–water partition coefficient (Wildman–Crippen LogP) is 1.86. The van der Waals surface area contributed by atoms with Crippen molar-refractivity contribution in [1.82, 2.24) is 4.72 Å². The molecule has 0 bridgehead atoms. The summed E-state index contributed by atoms with van der Waals surface area (Å²) in [6.07, 6.45) is 4.55. The molecule has 1 saturated carbocycles. The summed E-state index contributed by atoms with van der Waals surface area (Å²) in [6, 6.07) is 6.57. The lowest BCUT2D eigenvalue weighted by Crippen LogP contribution is -2.34. The second-order valence-corrected chi connectivity index (χ2v) is 7.64.